The summed E-state index contributed by atoms with van der Waals surface area (Å²) in [6.45, 7) is 0.234. The zero-order chi connectivity index (χ0) is 28.0. The van der Waals surface area contributed by atoms with E-state index in [0.717, 1.165) is 16.6 Å². The lowest BCUT2D eigenvalue weighted by molar-refractivity contribution is -0.127. The van der Waals surface area contributed by atoms with Crippen LogP contribution in [0.3, 0.4) is 0 Å². The molecule has 0 N–H and O–H groups in total. The van der Waals surface area contributed by atoms with Crippen molar-refractivity contribution in [2.75, 3.05) is 28.2 Å². The number of benzene rings is 1. The number of carbonyl (C=O) groups is 3. The molecule has 9 nitrogen and oxygen atoms in total. The zero-order valence-electron chi connectivity index (χ0n) is 22.3. The largest absolute Gasteiger partial charge is 0.438 e. The van der Waals surface area contributed by atoms with Crippen LogP contribution in [0.2, 0.25) is 0 Å². The molecule has 1 atom stereocenters. The highest BCUT2D eigenvalue weighted by Gasteiger charge is 2.24. The van der Waals surface area contributed by atoms with Gasteiger partial charge in [-0.05, 0) is 49.2 Å². The van der Waals surface area contributed by atoms with Crippen LogP contribution in [0, 0.1) is 5.82 Å². The molecule has 2 aromatic heterocycles. The lowest BCUT2D eigenvalue weighted by atomic mass is 10.0. The Morgan fingerprint density at radius 1 is 1.08 bits per heavy atom. The number of halogens is 1. The summed E-state index contributed by atoms with van der Waals surface area (Å²) in [6.07, 6.45) is 3.18. The van der Waals surface area contributed by atoms with Crippen LogP contribution in [0.5, 0.6) is 0 Å². The van der Waals surface area contributed by atoms with E-state index in [1.165, 1.54) is 46.7 Å². The molecule has 0 aliphatic heterocycles. The maximum absolute atomic E-state index is 13.6. The molecule has 202 valence electrons. The van der Waals surface area contributed by atoms with Gasteiger partial charge in [-0.2, -0.15) is 0 Å². The van der Waals surface area contributed by atoms with E-state index in [2.05, 4.69) is 0 Å². The van der Waals surface area contributed by atoms with Crippen LogP contribution in [0.1, 0.15) is 24.1 Å². The fraction of sp³-hybridized carbons (Fsp3) is 0.357. The lowest BCUT2D eigenvalue weighted by Crippen LogP contribution is -2.35. The predicted octanol–water partition coefficient (Wildman–Crippen LogP) is 3.13. The van der Waals surface area contributed by atoms with Gasteiger partial charge in [0.25, 0.3) is 5.56 Å². The second-order valence-electron chi connectivity index (χ2n) is 9.49. The molecule has 0 aliphatic rings. The minimum atomic E-state index is -1.08. The monoisotopic (exact) mass is 524 g/mol. The van der Waals surface area contributed by atoms with Crippen LogP contribution in [-0.4, -0.2) is 71.0 Å². The first kappa shape index (κ1) is 28.4. The number of amides is 2. The minimum Gasteiger partial charge on any atom is -0.438 e. The second-order valence-corrected chi connectivity index (χ2v) is 9.49. The van der Waals surface area contributed by atoms with Gasteiger partial charge in [-0.15, -0.1) is 0 Å². The summed E-state index contributed by atoms with van der Waals surface area (Å²) < 4.78 is 22.4. The first-order chi connectivity index (χ1) is 18.0. The molecule has 0 saturated carbocycles. The van der Waals surface area contributed by atoms with E-state index in [-0.39, 0.29) is 42.2 Å². The van der Waals surface area contributed by atoms with Gasteiger partial charge in [0.15, 0.2) is 11.9 Å². The van der Waals surface area contributed by atoms with Crippen molar-refractivity contribution in [3.05, 3.63) is 82.2 Å². The number of rotatable bonds is 10. The van der Waals surface area contributed by atoms with Crippen LogP contribution >= 0.6 is 0 Å². The van der Waals surface area contributed by atoms with Gasteiger partial charge in [0.05, 0.1) is 6.54 Å². The van der Waals surface area contributed by atoms with Crippen molar-refractivity contribution in [3.8, 4) is 0 Å². The predicted molar refractivity (Wildman–Crippen MR) is 142 cm³/mol. The standard InChI is InChI=1S/C28H33FN4O5/c1-30(2)26(35)11-7-6-10-25(38-28(37)31(3)4)24(34)17-19-9-8-14-33(27(19)36)18-22-16-20-15-21(29)12-13-23(20)32(22)5/h7-9,11-16,25H,6,10,17-18H2,1-5H3/b11-7+/t25-/m0/s1. The molecular weight excluding hydrogens is 491 g/mol. The number of carbonyl (C=O) groups excluding carboxylic acids is 3. The number of nitrogens with zero attached hydrogens (tertiary/aromatic N) is 4. The molecule has 0 bridgehead atoms. The molecule has 38 heavy (non-hydrogen) atoms. The maximum Gasteiger partial charge on any atom is 0.409 e. The van der Waals surface area contributed by atoms with Crippen molar-refractivity contribution in [2.24, 2.45) is 7.05 Å². The normalized spacial score (nSPS) is 12.1. The first-order valence-corrected chi connectivity index (χ1v) is 12.2. The Balaban J connectivity index is 1.78. The van der Waals surface area contributed by atoms with Crippen LogP contribution in [0.25, 0.3) is 10.9 Å². The smallest absolute Gasteiger partial charge is 0.409 e. The molecule has 2 amide bonds. The molecule has 0 saturated heterocycles. The highest BCUT2D eigenvalue weighted by molar-refractivity contribution is 5.88. The van der Waals surface area contributed by atoms with Crippen molar-refractivity contribution in [1.29, 1.82) is 0 Å². The van der Waals surface area contributed by atoms with Crippen molar-refractivity contribution in [1.82, 2.24) is 18.9 Å². The fourth-order valence-electron chi connectivity index (χ4n) is 3.94. The van der Waals surface area contributed by atoms with E-state index in [1.807, 2.05) is 17.7 Å². The van der Waals surface area contributed by atoms with Crippen molar-refractivity contribution in [2.45, 2.75) is 31.9 Å². The molecule has 0 spiro atoms. The molecule has 10 heteroatoms. The SMILES string of the molecule is CN(C)C(=O)/C=C/CC[C@H](OC(=O)N(C)C)C(=O)Cc1cccn(Cc2cc3cc(F)ccc3n2C)c1=O. The van der Waals surface area contributed by atoms with Gasteiger partial charge in [-0.25, -0.2) is 9.18 Å². The molecular formula is C28H33FN4O5. The van der Waals surface area contributed by atoms with E-state index in [9.17, 15) is 23.6 Å². The quantitative estimate of drug-likeness (QED) is 0.380. The molecule has 0 aliphatic carbocycles. The number of aryl methyl sites for hydroxylation is 1. The Morgan fingerprint density at radius 2 is 1.82 bits per heavy atom. The molecule has 0 unspecified atom stereocenters. The number of Topliss-reactive ketones (excluding diaryl/α,β-unsaturated/α-hetero) is 1. The van der Waals surface area contributed by atoms with Crippen molar-refractivity contribution >= 4 is 28.7 Å². The number of fused-ring (bicyclic) bond motifs is 1. The molecule has 0 fully saturated rings. The van der Waals surface area contributed by atoms with Crippen molar-refractivity contribution in [3.63, 3.8) is 0 Å². The van der Waals surface area contributed by atoms with Crippen LogP contribution in [0.4, 0.5) is 9.18 Å². The Kier molecular flexibility index (Phi) is 9.22. The highest BCUT2D eigenvalue weighted by atomic mass is 19.1. The van der Waals surface area contributed by atoms with Gasteiger partial charge in [0.1, 0.15) is 5.82 Å². The third-order valence-corrected chi connectivity index (χ3v) is 6.16. The summed E-state index contributed by atoms with van der Waals surface area (Å²) >= 11 is 0. The Morgan fingerprint density at radius 3 is 2.50 bits per heavy atom. The lowest BCUT2D eigenvalue weighted by Gasteiger charge is -2.19. The van der Waals surface area contributed by atoms with Crippen LogP contribution in [-0.2, 0) is 34.3 Å². The number of hydrogen-bond acceptors (Lipinski definition) is 5. The summed E-state index contributed by atoms with van der Waals surface area (Å²) in [4.78, 5) is 52.9. The highest BCUT2D eigenvalue weighted by Crippen LogP contribution is 2.20. The average Bonchev–Trinajstić information content (AvgIpc) is 3.16. The summed E-state index contributed by atoms with van der Waals surface area (Å²) in [5.41, 5.74) is 1.57. The zero-order valence-corrected chi connectivity index (χ0v) is 22.3. The molecule has 0 radical (unpaired) electrons. The summed E-state index contributed by atoms with van der Waals surface area (Å²) in [7, 11) is 8.13. The molecule has 3 rings (SSSR count). The molecule has 2 heterocycles. The summed E-state index contributed by atoms with van der Waals surface area (Å²) in [6, 6.07) is 9.61. The van der Waals surface area contributed by atoms with Gasteiger partial charge in [-0.3, -0.25) is 14.4 Å². The first-order valence-electron chi connectivity index (χ1n) is 12.2. The van der Waals surface area contributed by atoms with Crippen molar-refractivity contribution < 1.29 is 23.5 Å². The number of likely N-dealkylation sites (N-methyl/N-ethyl adjacent to an activating group) is 1. The number of pyridine rings is 1. The van der Waals surface area contributed by atoms with Gasteiger partial charge in [-0.1, -0.05) is 12.1 Å². The Labute approximate surface area is 220 Å². The van der Waals surface area contributed by atoms with Crippen LogP contribution < -0.4 is 5.56 Å². The second kappa shape index (κ2) is 12.4. The number of allylic oxidation sites excluding steroid dienone is 1. The van der Waals surface area contributed by atoms with E-state index >= 15 is 0 Å². The number of hydrogen-bond donors (Lipinski definition) is 0. The number of ether oxygens (including phenoxy) is 1. The van der Waals surface area contributed by atoms with E-state index in [4.69, 9.17) is 4.74 Å². The minimum absolute atomic E-state index is 0.170. The fourth-order valence-corrected chi connectivity index (χ4v) is 3.94. The van der Waals surface area contributed by atoms with Crippen LogP contribution in [0.15, 0.2) is 59.5 Å². The van der Waals surface area contributed by atoms with Gasteiger partial charge < -0.3 is 23.7 Å². The van der Waals surface area contributed by atoms with Gasteiger partial charge in [0.2, 0.25) is 5.91 Å². The van der Waals surface area contributed by atoms with Gasteiger partial charge >= 0.3 is 6.09 Å². The molecule has 1 aromatic carbocycles. The van der Waals surface area contributed by atoms with Gasteiger partial charge in [0, 0.05) is 70.0 Å². The average molecular weight is 525 g/mol. The Hall–Kier alpha value is -4.21. The summed E-state index contributed by atoms with van der Waals surface area (Å²) in [5, 5.41) is 0.730. The summed E-state index contributed by atoms with van der Waals surface area (Å²) in [5.74, 6) is -0.946. The molecule has 3 aromatic rings. The Bertz CT molecular complexity index is 1420. The number of ketones is 1. The number of aromatic nitrogens is 2. The third-order valence-electron chi connectivity index (χ3n) is 6.16. The third kappa shape index (κ3) is 6.96. The van der Waals surface area contributed by atoms with E-state index in [0.29, 0.717) is 6.42 Å². The maximum atomic E-state index is 13.6. The van der Waals surface area contributed by atoms with E-state index < -0.39 is 18.0 Å². The topological polar surface area (TPSA) is 93.8 Å². The van der Waals surface area contributed by atoms with E-state index in [1.54, 1.807) is 44.6 Å².